The SMILES string of the molecule is O=C(NCCc1ccccc1)N1CCC2=C(CCCC2)C1=O. The van der Waals surface area contributed by atoms with Crippen molar-refractivity contribution in [2.45, 2.75) is 38.5 Å². The fourth-order valence-corrected chi connectivity index (χ4v) is 3.26. The highest BCUT2D eigenvalue weighted by Crippen LogP contribution is 2.31. The van der Waals surface area contributed by atoms with Crippen LogP contribution in [0.15, 0.2) is 41.5 Å². The van der Waals surface area contributed by atoms with Crippen molar-refractivity contribution in [1.29, 1.82) is 0 Å². The Hall–Kier alpha value is -2.10. The van der Waals surface area contributed by atoms with Crippen molar-refractivity contribution in [2.75, 3.05) is 13.1 Å². The van der Waals surface area contributed by atoms with E-state index in [1.54, 1.807) is 0 Å². The molecule has 0 saturated carbocycles. The maximum Gasteiger partial charge on any atom is 0.324 e. The minimum atomic E-state index is -0.252. The summed E-state index contributed by atoms with van der Waals surface area (Å²) in [5, 5.41) is 2.87. The first-order valence-electron chi connectivity index (χ1n) is 8.10. The zero-order valence-corrected chi connectivity index (χ0v) is 12.8. The molecule has 3 rings (SSSR count). The Bertz CT molecular complexity index is 592. The number of benzene rings is 1. The molecule has 1 aromatic rings. The van der Waals surface area contributed by atoms with Gasteiger partial charge in [-0.15, -0.1) is 0 Å². The summed E-state index contributed by atoms with van der Waals surface area (Å²) in [6, 6.07) is 9.78. The average Bonchev–Trinajstić information content (AvgIpc) is 2.56. The summed E-state index contributed by atoms with van der Waals surface area (Å²) in [6.07, 6.45) is 5.74. The van der Waals surface area contributed by atoms with Crippen LogP contribution in [-0.4, -0.2) is 29.9 Å². The van der Waals surface area contributed by atoms with Gasteiger partial charge in [0.05, 0.1) is 0 Å². The second kappa shape index (κ2) is 6.77. The van der Waals surface area contributed by atoms with Gasteiger partial charge in [-0.05, 0) is 44.1 Å². The first kappa shape index (κ1) is 14.8. The molecule has 0 spiro atoms. The van der Waals surface area contributed by atoms with Gasteiger partial charge in [0.1, 0.15) is 0 Å². The molecule has 4 heteroatoms. The van der Waals surface area contributed by atoms with Crippen molar-refractivity contribution in [3.63, 3.8) is 0 Å². The third-order valence-electron chi connectivity index (χ3n) is 4.50. The summed E-state index contributed by atoms with van der Waals surface area (Å²) in [5.41, 5.74) is 3.37. The number of rotatable bonds is 3. The number of nitrogens with zero attached hydrogens (tertiary/aromatic N) is 1. The van der Waals surface area contributed by atoms with E-state index in [1.807, 2.05) is 30.3 Å². The summed E-state index contributed by atoms with van der Waals surface area (Å²) in [5.74, 6) is -0.0711. The summed E-state index contributed by atoms with van der Waals surface area (Å²) in [6.45, 7) is 1.08. The Morgan fingerprint density at radius 3 is 2.68 bits per heavy atom. The van der Waals surface area contributed by atoms with Gasteiger partial charge >= 0.3 is 6.03 Å². The molecule has 3 amide bonds. The van der Waals surface area contributed by atoms with Gasteiger partial charge in [0.2, 0.25) is 0 Å². The van der Waals surface area contributed by atoms with Crippen molar-refractivity contribution in [3.8, 4) is 0 Å². The van der Waals surface area contributed by atoms with E-state index in [0.717, 1.165) is 37.7 Å². The van der Waals surface area contributed by atoms with E-state index in [0.29, 0.717) is 13.1 Å². The zero-order valence-electron chi connectivity index (χ0n) is 12.8. The predicted molar refractivity (Wildman–Crippen MR) is 85.4 cm³/mol. The smallest absolute Gasteiger partial charge is 0.324 e. The first-order valence-corrected chi connectivity index (χ1v) is 8.10. The Balaban J connectivity index is 1.54. The third kappa shape index (κ3) is 3.21. The Morgan fingerprint density at radius 2 is 1.86 bits per heavy atom. The fraction of sp³-hybridized carbons (Fsp3) is 0.444. The highest BCUT2D eigenvalue weighted by Gasteiger charge is 2.31. The Labute approximate surface area is 131 Å². The molecule has 1 heterocycles. The van der Waals surface area contributed by atoms with E-state index in [1.165, 1.54) is 22.5 Å². The van der Waals surface area contributed by atoms with Crippen LogP contribution in [0.3, 0.4) is 0 Å². The molecule has 1 aromatic carbocycles. The molecule has 1 N–H and O–H groups in total. The van der Waals surface area contributed by atoms with Gasteiger partial charge in [0, 0.05) is 18.7 Å². The number of hydrogen-bond donors (Lipinski definition) is 1. The number of hydrogen-bond acceptors (Lipinski definition) is 2. The third-order valence-corrected chi connectivity index (χ3v) is 4.50. The second-order valence-corrected chi connectivity index (χ2v) is 5.96. The van der Waals surface area contributed by atoms with Gasteiger partial charge in [0.25, 0.3) is 5.91 Å². The lowest BCUT2D eigenvalue weighted by atomic mass is 9.87. The molecule has 0 fully saturated rings. The van der Waals surface area contributed by atoms with Crippen LogP contribution in [0.5, 0.6) is 0 Å². The molecule has 0 saturated heterocycles. The maximum absolute atomic E-state index is 12.4. The Morgan fingerprint density at radius 1 is 1.09 bits per heavy atom. The fourth-order valence-electron chi connectivity index (χ4n) is 3.26. The number of nitrogens with one attached hydrogen (secondary N) is 1. The van der Waals surface area contributed by atoms with Crippen LogP contribution in [0.2, 0.25) is 0 Å². The van der Waals surface area contributed by atoms with E-state index in [-0.39, 0.29) is 11.9 Å². The molecule has 4 nitrogen and oxygen atoms in total. The highest BCUT2D eigenvalue weighted by atomic mass is 16.2. The number of carbonyl (C=O) groups excluding carboxylic acids is 2. The van der Waals surface area contributed by atoms with Crippen LogP contribution in [0.4, 0.5) is 4.79 Å². The highest BCUT2D eigenvalue weighted by molar-refractivity contribution is 6.05. The van der Waals surface area contributed by atoms with E-state index in [4.69, 9.17) is 0 Å². The normalized spacial score (nSPS) is 18.2. The van der Waals surface area contributed by atoms with Crippen LogP contribution < -0.4 is 5.32 Å². The van der Waals surface area contributed by atoms with Crippen LogP contribution in [0, 0.1) is 0 Å². The summed E-state index contributed by atoms with van der Waals surface area (Å²) in [7, 11) is 0. The molecule has 0 radical (unpaired) electrons. The van der Waals surface area contributed by atoms with E-state index in [9.17, 15) is 9.59 Å². The summed E-state index contributed by atoms with van der Waals surface area (Å²) >= 11 is 0. The molecule has 2 aliphatic rings. The van der Waals surface area contributed by atoms with Crippen molar-refractivity contribution in [2.24, 2.45) is 0 Å². The topological polar surface area (TPSA) is 49.4 Å². The predicted octanol–water partition coefficient (Wildman–Crippen LogP) is 3.04. The standard InChI is InChI=1S/C18H22N2O2/c21-17-16-9-5-4-8-15(16)11-13-20(17)18(22)19-12-10-14-6-2-1-3-7-14/h1-3,6-7H,4-5,8-13H2,(H,19,22). The van der Waals surface area contributed by atoms with Crippen molar-refractivity contribution in [3.05, 3.63) is 47.0 Å². The number of urea groups is 1. The van der Waals surface area contributed by atoms with Crippen molar-refractivity contribution < 1.29 is 9.59 Å². The second-order valence-electron chi connectivity index (χ2n) is 5.96. The number of imide groups is 1. The molecule has 0 aromatic heterocycles. The summed E-state index contributed by atoms with van der Waals surface area (Å²) < 4.78 is 0. The largest absolute Gasteiger partial charge is 0.337 e. The molecule has 1 aliphatic heterocycles. The van der Waals surface area contributed by atoms with E-state index < -0.39 is 0 Å². The quantitative estimate of drug-likeness (QED) is 0.932. The molecule has 0 unspecified atom stereocenters. The number of amides is 3. The molecular formula is C18H22N2O2. The van der Waals surface area contributed by atoms with Gasteiger partial charge in [0.15, 0.2) is 0 Å². The van der Waals surface area contributed by atoms with Gasteiger partial charge in [-0.3, -0.25) is 9.69 Å². The van der Waals surface area contributed by atoms with Gasteiger partial charge in [-0.1, -0.05) is 35.9 Å². The molecule has 0 bridgehead atoms. The van der Waals surface area contributed by atoms with Crippen molar-refractivity contribution >= 4 is 11.9 Å². The minimum absolute atomic E-state index is 0.0711. The average molecular weight is 298 g/mol. The van der Waals surface area contributed by atoms with Gasteiger partial charge in [-0.25, -0.2) is 4.79 Å². The molecule has 116 valence electrons. The van der Waals surface area contributed by atoms with Gasteiger partial charge < -0.3 is 5.32 Å². The molecular weight excluding hydrogens is 276 g/mol. The lowest BCUT2D eigenvalue weighted by Gasteiger charge is -2.31. The van der Waals surface area contributed by atoms with Crippen LogP contribution in [0.25, 0.3) is 0 Å². The molecule has 0 atom stereocenters. The maximum atomic E-state index is 12.4. The Kier molecular flexibility index (Phi) is 4.56. The van der Waals surface area contributed by atoms with Crippen LogP contribution in [-0.2, 0) is 11.2 Å². The summed E-state index contributed by atoms with van der Waals surface area (Å²) in [4.78, 5) is 26.1. The van der Waals surface area contributed by atoms with Gasteiger partial charge in [-0.2, -0.15) is 0 Å². The minimum Gasteiger partial charge on any atom is -0.337 e. The van der Waals surface area contributed by atoms with Crippen molar-refractivity contribution in [1.82, 2.24) is 10.2 Å². The van der Waals surface area contributed by atoms with E-state index >= 15 is 0 Å². The first-order chi connectivity index (χ1) is 10.8. The molecule has 22 heavy (non-hydrogen) atoms. The monoisotopic (exact) mass is 298 g/mol. The van der Waals surface area contributed by atoms with E-state index in [2.05, 4.69) is 5.32 Å². The number of carbonyl (C=O) groups is 2. The lowest BCUT2D eigenvalue weighted by molar-refractivity contribution is -0.125. The lowest BCUT2D eigenvalue weighted by Crippen LogP contribution is -2.47. The van der Waals surface area contributed by atoms with Crippen LogP contribution >= 0.6 is 0 Å². The zero-order chi connectivity index (χ0) is 15.4. The van der Waals surface area contributed by atoms with Crippen LogP contribution in [0.1, 0.15) is 37.7 Å². The molecule has 1 aliphatic carbocycles.